The third-order valence-electron chi connectivity index (χ3n) is 3.67. The number of fused-ring (bicyclic) bond motifs is 1. The Hall–Kier alpha value is -2.36. The molecule has 0 unspecified atom stereocenters. The van der Waals surface area contributed by atoms with Crippen LogP contribution in [-0.2, 0) is 0 Å². The molecule has 0 aliphatic carbocycles. The lowest BCUT2D eigenvalue weighted by molar-refractivity contribution is -0.00123. The lowest BCUT2D eigenvalue weighted by atomic mass is 10.0. The molecule has 0 spiro atoms. The van der Waals surface area contributed by atoms with Crippen LogP contribution in [-0.4, -0.2) is 22.9 Å². The van der Waals surface area contributed by atoms with Crippen LogP contribution in [0.2, 0.25) is 0 Å². The molecule has 0 aliphatic heterocycles. The average Bonchev–Trinajstić information content (AvgIpc) is 2.60. The molecule has 0 aliphatic rings. The molecule has 0 bridgehead atoms. The lowest BCUT2D eigenvalue weighted by Gasteiger charge is -2.24. The largest absolute Gasteiger partial charge is 0.482 e. The molecule has 2 N–H and O–H groups in total. The molecule has 3 nitrogen and oxygen atoms in total. The Morgan fingerprint density at radius 1 is 0.818 bits per heavy atom. The van der Waals surface area contributed by atoms with Gasteiger partial charge in [0, 0.05) is 5.39 Å². The van der Waals surface area contributed by atoms with Gasteiger partial charge in [-0.15, -0.1) is 0 Å². The molecule has 3 heteroatoms. The molecule has 0 fully saturated rings. The summed E-state index contributed by atoms with van der Waals surface area (Å²) in [5.74, 6) is 0.694. The second-order valence-electron chi connectivity index (χ2n) is 5.18. The van der Waals surface area contributed by atoms with Gasteiger partial charge < -0.3 is 14.9 Å². The highest BCUT2D eigenvalue weighted by atomic mass is 16.5. The molecule has 3 rings (SSSR count). The molecule has 0 saturated heterocycles. The van der Waals surface area contributed by atoms with Crippen molar-refractivity contribution in [3.05, 3.63) is 78.4 Å². The zero-order chi connectivity index (χ0) is 15.4. The maximum Gasteiger partial charge on any atom is 0.152 e. The fourth-order valence-corrected chi connectivity index (χ4v) is 2.54. The van der Waals surface area contributed by atoms with Crippen LogP contribution in [0.1, 0.15) is 11.7 Å². The SMILES string of the molecule is OC[C@H](O)[C@H](Oc1cccc2ccccc12)c1ccccc1. The van der Waals surface area contributed by atoms with Gasteiger partial charge >= 0.3 is 0 Å². The monoisotopic (exact) mass is 294 g/mol. The topological polar surface area (TPSA) is 49.7 Å². The smallest absolute Gasteiger partial charge is 0.152 e. The molecule has 3 aromatic carbocycles. The van der Waals surface area contributed by atoms with E-state index in [1.165, 1.54) is 0 Å². The van der Waals surface area contributed by atoms with E-state index < -0.39 is 12.2 Å². The van der Waals surface area contributed by atoms with Crippen LogP contribution in [0.4, 0.5) is 0 Å². The first-order valence-electron chi connectivity index (χ1n) is 7.28. The van der Waals surface area contributed by atoms with Crippen molar-refractivity contribution in [1.29, 1.82) is 0 Å². The Bertz CT molecular complexity index is 735. The third kappa shape index (κ3) is 2.96. The Kier molecular flexibility index (Phi) is 4.37. The fraction of sp³-hybridized carbons (Fsp3) is 0.158. The van der Waals surface area contributed by atoms with Crippen molar-refractivity contribution in [3.8, 4) is 5.75 Å². The van der Waals surface area contributed by atoms with E-state index in [0.717, 1.165) is 16.3 Å². The van der Waals surface area contributed by atoms with Crippen molar-refractivity contribution in [1.82, 2.24) is 0 Å². The number of rotatable bonds is 5. The first kappa shape index (κ1) is 14.6. The van der Waals surface area contributed by atoms with Crippen LogP contribution in [0.15, 0.2) is 72.8 Å². The summed E-state index contributed by atoms with van der Waals surface area (Å²) in [7, 11) is 0. The van der Waals surface area contributed by atoms with E-state index in [4.69, 9.17) is 4.74 Å². The van der Waals surface area contributed by atoms with Gasteiger partial charge in [0.1, 0.15) is 11.9 Å². The summed E-state index contributed by atoms with van der Waals surface area (Å²) in [6, 6.07) is 23.2. The number of hydrogen-bond acceptors (Lipinski definition) is 3. The maximum absolute atomic E-state index is 10.1. The highest BCUT2D eigenvalue weighted by molar-refractivity contribution is 5.88. The van der Waals surface area contributed by atoms with Crippen molar-refractivity contribution in [3.63, 3.8) is 0 Å². The van der Waals surface area contributed by atoms with Crippen molar-refractivity contribution in [2.45, 2.75) is 12.2 Å². The van der Waals surface area contributed by atoms with Crippen molar-refractivity contribution >= 4 is 10.8 Å². The molecule has 22 heavy (non-hydrogen) atoms. The van der Waals surface area contributed by atoms with Gasteiger partial charge in [-0.1, -0.05) is 66.7 Å². The van der Waals surface area contributed by atoms with Crippen LogP contribution < -0.4 is 4.74 Å². The Labute approximate surface area is 129 Å². The van der Waals surface area contributed by atoms with Gasteiger partial charge in [0.15, 0.2) is 6.10 Å². The molecule has 3 aromatic rings. The maximum atomic E-state index is 10.1. The molecule has 112 valence electrons. The normalized spacial score (nSPS) is 13.7. The predicted molar refractivity (Wildman–Crippen MR) is 86.9 cm³/mol. The van der Waals surface area contributed by atoms with E-state index in [2.05, 4.69) is 0 Å². The van der Waals surface area contributed by atoms with Gasteiger partial charge in [-0.2, -0.15) is 0 Å². The summed E-state index contributed by atoms with van der Waals surface area (Å²) >= 11 is 0. The standard InChI is InChI=1S/C19H18O3/c20-13-17(21)19(15-8-2-1-3-9-15)22-18-12-6-10-14-7-4-5-11-16(14)18/h1-12,17,19-21H,13H2/t17-,19+/m0/s1. The van der Waals surface area contributed by atoms with Crippen LogP contribution in [0.5, 0.6) is 5.75 Å². The minimum Gasteiger partial charge on any atom is -0.482 e. The molecule has 0 heterocycles. The van der Waals surface area contributed by atoms with Crippen molar-refractivity contribution in [2.24, 2.45) is 0 Å². The van der Waals surface area contributed by atoms with Crippen molar-refractivity contribution in [2.75, 3.05) is 6.61 Å². The van der Waals surface area contributed by atoms with Crippen LogP contribution in [0, 0.1) is 0 Å². The second kappa shape index (κ2) is 6.60. The van der Waals surface area contributed by atoms with Gasteiger partial charge in [0.2, 0.25) is 0 Å². The highest BCUT2D eigenvalue weighted by Crippen LogP contribution is 2.31. The van der Waals surface area contributed by atoms with Gasteiger partial charge in [-0.05, 0) is 17.0 Å². The molecular formula is C19H18O3. The molecule has 0 radical (unpaired) electrons. The number of benzene rings is 3. The van der Waals surface area contributed by atoms with Gasteiger partial charge in [-0.3, -0.25) is 0 Å². The zero-order valence-electron chi connectivity index (χ0n) is 12.1. The van der Waals surface area contributed by atoms with Crippen LogP contribution in [0.3, 0.4) is 0 Å². The Balaban J connectivity index is 1.99. The summed E-state index contributed by atoms with van der Waals surface area (Å²) < 4.78 is 6.06. The summed E-state index contributed by atoms with van der Waals surface area (Å²) in [6.45, 7) is -0.357. The zero-order valence-corrected chi connectivity index (χ0v) is 12.1. The number of hydrogen-bond donors (Lipinski definition) is 2. The third-order valence-corrected chi connectivity index (χ3v) is 3.67. The van der Waals surface area contributed by atoms with Gasteiger partial charge in [0.05, 0.1) is 6.61 Å². The van der Waals surface area contributed by atoms with Crippen LogP contribution in [0.25, 0.3) is 10.8 Å². The molecule has 0 aromatic heterocycles. The molecule has 0 amide bonds. The van der Waals surface area contributed by atoms with Crippen molar-refractivity contribution < 1.29 is 14.9 Å². The fourth-order valence-electron chi connectivity index (χ4n) is 2.54. The first-order chi connectivity index (χ1) is 10.8. The van der Waals surface area contributed by atoms with E-state index in [0.29, 0.717) is 5.75 Å². The predicted octanol–water partition coefficient (Wildman–Crippen LogP) is 3.31. The lowest BCUT2D eigenvalue weighted by Crippen LogP contribution is -2.27. The number of aliphatic hydroxyl groups is 2. The minimum absolute atomic E-state index is 0.357. The minimum atomic E-state index is -0.985. The summed E-state index contributed by atoms with van der Waals surface area (Å²) in [5, 5.41) is 21.5. The van der Waals surface area contributed by atoms with E-state index in [1.54, 1.807) is 0 Å². The molecular weight excluding hydrogens is 276 g/mol. The average molecular weight is 294 g/mol. The van der Waals surface area contributed by atoms with E-state index in [-0.39, 0.29) is 6.61 Å². The first-order valence-corrected chi connectivity index (χ1v) is 7.28. The molecule has 2 atom stereocenters. The van der Waals surface area contributed by atoms with Gasteiger partial charge in [0.25, 0.3) is 0 Å². The van der Waals surface area contributed by atoms with Crippen LogP contribution >= 0.6 is 0 Å². The van der Waals surface area contributed by atoms with E-state index in [1.807, 2.05) is 72.8 Å². The molecule has 0 saturated carbocycles. The van der Waals surface area contributed by atoms with E-state index >= 15 is 0 Å². The number of aliphatic hydroxyl groups excluding tert-OH is 2. The Morgan fingerprint density at radius 3 is 2.27 bits per heavy atom. The quantitative estimate of drug-likeness (QED) is 0.759. The van der Waals surface area contributed by atoms with E-state index in [9.17, 15) is 10.2 Å². The summed E-state index contributed by atoms with van der Waals surface area (Å²) in [6.07, 6.45) is -1.60. The Morgan fingerprint density at radius 2 is 1.50 bits per heavy atom. The second-order valence-corrected chi connectivity index (χ2v) is 5.18. The summed E-state index contributed by atoms with van der Waals surface area (Å²) in [4.78, 5) is 0. The number of ether oxygens (including phenoxy) is 1. The highest BCUT2D eigenvalue weighted by Gasteiger charge is 2.23. The summed E-state index contributed by atoms with van der Waals surface area (Å²) in [5.41, 5.74) is 0.831. The van der Waals surface area contributed by atoms with Gasteiger partial charge in [-0.25, -0.2) is 0 Å².